The predicted molar refractivity (Wildman–Crippen MR) is 137 cm³/mol. The molecule has 1 unspecified atom stereocenters. The number of rotatable bonds is 7. The van der Waals surface area contributed by atoms with Gasteiger partial charge in [-0.25, -0.2) is 9.37 Å². The summed E-state index contributed by atoms with van der Waals surface area (Å²) in [5, 5.41) is 8.15. The highest BCUT2D eigenvalue weighted by Gasteiger charge is 2.17. The Morgan fingerprint density at radius 2 is 1.79 bits per heavy atom. The summed E-state index contributed by atoms with van der Waals surface area (Å²) in [4.78, 5) is 30.3. The third kappa shape index (κ3) is 6.02. The summed E-state index contributed by atoms with van der Waals surface area (Å²) in [5.74, 6) is -1.31. The van der Waals surface area contributed by atoms with Crippen LogP contribution in [0.15, 0.2) is 83.1 Å². The summed E-state index contributed by atoms with van der Waals surface area (Å²) >= 11 is 8.62. The van der Waals surface area contributed by atoms with Gasteiger partial charge in [0.05, 0.1) is 16.5 Å². The van der Waals surface area contributed by atoms with E-state index in [0.29, 0.717) is 15.8 Å². The van der Waals surface area contributed by atoms with Crippen LogP contribution in [0.4, 0.5) is 15.2 Å². The summed E-state index contributed by atoms with van der Waals surface area (Å²) in [5.41, 5.74) is 2.15. The van der Waals surface area contributed by atoms with Crippen LogP contribution in [0.1, 0.15) is 17.3 Å². The third-order valence-electron chi connectivity index (χ3n) is 4.77. The molecule has 0 bridgehead atoms. The monoisotopic (exact) mass is 511 g/mol. The average molecular weight is 512 g/mol. The van der Waals surface area contributed by atoms with E-state index in [1.807, 2.05) is 23.6 Å². The van der Waals surface area contributed by atoms with E-state index in [0.717, 1.165) is 16.2 Å². The second kappa shape index (κ2) is 10.8. The van der Waals surface area contributed by atoms with E-state index < -0.39 is 17.0 Å². The molecule has 0 saturated carbocycles. The average Bonchev–Trinajstić information content (AvgIpc) is 3.28. The molecule has 0 radical (unpaired) electrons. The van der Waals surface area contributed by atoms with Gasteiger partial charge < -0.3 is 10.6 Å². The fourth-order valence-electron chi connectivity index (χ4n) is 3.04. The molecule has 0 aliphatic rings. The first-order chi connectivity index (χ1) is 16.4. The van der Waals surface area contributed by atoms with E-state index in [9.17, 15) is 14.0 Å². The van der Waals surface area contributed by atoms with Gasteiger partial charge in [0.25, 0.3) is 5.91 Å². The van der Waals surface area contributed by atoms with Crippen LogP contribution >= 0.6 is 34.7 Å². The number of benzene rings is 3. The van der Waals surface area contributed by atoms with Gasteiger partial charge in [0.15, 0.2) is 5.13 Å². The zero-order valence-electron chi connectivity index (χ0n) is 17.9. The Labute approximate surface area is 209 Å². The second-order valence-electron chi connectivity index (χ2n) is 7.26. The van der Waals surface area contributed by atoms with Crippen LogP contribution in [0, 0.1) is 5.82 Å². The topological polar surface area (TPSA) is 71.1 Å². The third-order valence-corrected chi connectivity index (χ3v) is 6.87. The summed E-state index contributed by atoms with van der Waals surface area (Å²) in [6, 6.07) is 20.2. The predicted octanol–water partition coefficient (Wildman–Crippen LogP) is 6.97. The Balaban J connectivity index is 1.37. The van der Waals surface area contributed by atoms with Gasteiger partial charge in [0.2, 0.25) is 5.91 Å². The number of thiazole rings is 1. The molecule has 4 rings (SSSR count). The van der Waals surface area contributed by atoms with Gasteiger partial charge in [-0.1, -0.05) is 41.9 Å². The Morgan fingerprint density at radius 3 is 2.56 bits per heavy atom. The quantitative estimate of drug-likeness (QED) is 0.263. The summed E-state index contributed by atoms with van der Waals surface area (Å²) in [6.45, 7) is 1.79. The SMILES string of the molecule is CC(Sc1cccc(NC(=O)c2ccccc2F)c1)C(=O)Nc1nc(-c2ccc(Cl)cc2)cs1. The largest absolute Gasteiger partial charge is 0.322 e. The molecule has 1 heterocycles. The van der Waals surface area contributed by atoms with E-state index in [2.05, 4.69) is 15.6 Å². The highest BCUT2D eigenvalue weighted by atomic mass is 35.5. The highest BCUT2D eigenvalue weighted by molar-refractivity contribution is 8.00. The first-order valence-electron chi connectivity index (χ1n) is 10.2. The van der Waals surface area contributed by atoms with Crippen LogP contribution in [-0.4, -0.2) is 22.0 Å². The Bertz CT molecular complexity index is 1330. The second-order valence-corrected chi connectivity index (χ2v) is 9.96. The molecule has 1 atom stereocenters. The van der Waals surface area contributed by atoms with Crippen molar-refractivity contribution in [2.45, 2.75) is 17.1 Å². The van der Waals surface area contributed by atoms with Crippen LogP contribution in [0.25, 0.3) is 11.3 Å². The Morgan fingerprint density at radius 1 is 1.03 bits per heavy atom. The molecular weight excluding hydrogens is 493 g/mol. The molecule has 0 fully saturated rings. The van der Waals surface area contributed by atoms with Crippen molar-refractivity contribution < 1.29 is 14.0 Å². The number of carbonyl (C=O) groups excluding carboxylic acids is 2. The molecule has 2 N–H and O–H groups in total. The molecular formula is C25H19ClFN3O2S2. The number of anilines is 2. The molecule has 34 heavy (non-hydrogen) atoms. The number of hydrogen-bond donors (Lipinski definition) is 2. The highest BCUT2D eigenvalue weighted by Crippen LogP contribution is 2.29. The molecule has 3 aromatic carbocycles. The molecule has 0 saturated heterocycles. The van der Waals surface area contributed by atoms with Crippen molar-refractivity contribution in [1.29, 1.82) is 0 Å². The van der Waals surface area contributed by atoms with Crippen LogP contribution in [-0.2, 0) is 4.79 Å². The lowest BCUT2D eigenvalue weighted by atomic mass is 10.2. The van der Waals surface area contributed by atoms with Gasteiger partial charge in [-0.3, -0.25) is 9.59 Å². The molecule has 2 amide bonds. The van der Waals surface area contributed by atoms with Gasteiger partial charge in [0.1, 0.15) is 5.82 Å². The molecule has 0 aliphatic carbocycles. The van der Waals surface area contributed by atoms with Crippen LogP contribution in [0.3, 0.4) is 0 Å². The summed E-state index contributed by atoms with van der Waals surface area (Å²) in [6.07, 6.45) is 0. The summed E-state index contributed by atoms with van der Waals surface area (Å²) in [7, 11) is 0. The number of nitrogens with zero attached hydrogens (tertiary/aromatic N) is 1. The van der Waals surface area contributed by atoms with Gasteiger partial charge in [-0.05, 0) is 49.4 Å². The molecule has 9 heteroatoms. The number of thioether (sulfide) groups is 1. The maximum atomic E-state index is 13.9. The molecule has 0 aliphatic heterocycles. The maximum absolute atomic E-state index is 13.9. The van der Waals surface area contributed by atoms with Crippen molar-refractivity contribution in [2.75, 3.05) is 10.6 Å². The van der Waals surface area contributed by atoms with Crippen LogP contribution < -0.4 is 10.6 Å². The van der Waals surface area contributed by atoms with Crippen LogP contribution in [0.5, 0.6) is 0 Å². The van der Waals surface area contributed by atoms with Crippen molar-refractivity contribution in [1.82, 2.24) is 4.98 Å². The standard InChI is InChI=1S/C25H19ClFN3O2S2/c1-15(23(31)30-25-29-22(14-33-25)16-9-11-17(26)12-10-16)34-19-6-4-5-18(13-19)28-24(32)20-7-2-3-8-21(20)27/h2-15H,1H3,(H,28,32)(H,29,30,31). The van der Waals surface area contributed by atoms with Crippen molar-refractivity contribution in [3.8, 4) is 11.3 Å². The molecule has 0 spiro atoms. The van der Waals surface area contributed by atoms with Gasteiger partial charge in [0, 0.05) is 26.5 Å². The minimum atomic E-state index is -0.586. The van der Waals surface area contributed by atoms with E-state index in [1.54, 1.807) is 43.3 Å². The lowest BCUT2D eigenvalue weighted by Crippen LogP contribution is -2.22. The van der Waals surface area contributed by atoms with Crippen LogP contribution in [0.2, 0.25) is 5.02 Å². The lowest BCUT2D eigenvalue weighted by molar-refractivity contribution is -0.115. The molecule has 5 nitrogen and oxygen atoms in total. The zero-order chi connectivity index (χ0) is 24.1. The molecule has 4 aromatic rings. The smallest absolute Gasteiger partial charge is 0.258 e. The van der Waals surface area contributed by atoms with E-state index >= 15 is 0 Å². The van der Waals surface area contributed by atoms with Gasteiger partial charge >= 0.3 is 0 Å². The first kappa shape index (κ1) is 23.9. The number of nitrogens with one attached hydrogen (secondary N) is 2. The maximum Gasteiger partial charge on any atom is 0.258 e. The lowest BCUT2D eigenvalue weighted by Gasteiger charge is -2.12. The number of carbonyl (C=O) groups is 2. The number of amides is 2. The normalized spacial score (nSPS) is 11.6. The van der Waals surface area contributed by atoms with Gasteiger partial charge in [-0.2, -0.15) is 0 Å². The van der Waals surface area contributed by atoms with Crippen molar-refractivity contribution in [3.63, 3.8) is 0 Å². The fraction of sp³-hybridized carbons (Fsp3) is 0.0800. The molecule has 172 valence electrons. The van der Waals surface area contributed by atoms with Crippen molar-refractivity contribution in [3.05, 3.63) is 94.6 Å². The zero-order valence-corrected chi connectivity index (χ0v) is 20.3. The Hall–Kier alpha value is -3.20. The van der Waals surface area contributed by atoms with E-state index in [4.69, 9.17) is 11.6 Å². The fourth-order valence-corrected chi connectivity index (χ4v) is 4.81. The number of halogens is 2. The summed E-state index contributed by atoms with van der Waals surface area (Å²) < 4.78 is 13.9. The van der Waals surface area contributed by atoms with Crippen molar-refractivity contribution >= 4 is 57.3 Å². The minimum absolute atomic E-state index is 0.0327. The van der Waals surface area contributed by atoms with Crippen molar-refractivity contribution in [2.24, 2.45) is 0 Å². The number of aromatic nitrogens is 1. The number of hydrogen-bond acceptors (Lipinski definition) is 5. The first-order valence-corrected chi connectivity index (χ1v) is 12.4. The van der Waals surface area contributed by atoms with Gasteiger partial charge in [-0.15, -0.1) is 23.1 Å². The Kier molecular flexibility index (Phi) is 7.62. The molecule has 1 aromatic heterocycles. The minimum Gasteiger partial charge on any atom is -0.322 e. The van der Waals surface area contributed by atoms with E-state index in [1.165, 1.54) is 41.3 Å². The van der Waals surface area contributed by atoms with E-state index in [-0.39, 0.29) is 11.5 Å².